The topological polar surface area (TPSA) is 86.6 Å². The minimum Gasteiger partial charge on any atom is -0.481 e. The number of benzene rings is 1. The minimum atomic E-state index is -0.976. The maximum Gasteiger partial charge on any atom is 0.335 e. The van der Waals surface area contributed by atoms with Gasteiger partial charge >= 0.3 is 11.9 Å². The number of rotatable bonds is 3. The number of hydrogen-bond donors (Lipinski definition) is 3. The summed E-state index contributed by atoms with van der Waals surface area (Å²) in [5.74, 6) is -2.32. The first kappa shape index (κ1) is 11.6. The molecule has 1 fully saturated rings. The number of nitrogens with one attached hydrogen (secondary N) is 1. The Morgan fingerprint density at radius 3 is 2.29 bits per heavy atom. The van der Waals surface area contributed by atoms with Crippen molar-refractivity contribution < 1.29 is 19.8 Å². The van der Waals surface area contributed by atoms with Crippen LogP contribution in [-0.4, -0.2) is 35.2 Å². The highest BCUT2D eigenvalue weighted by molar-refractivity contribution is 5.87. The third-order valence-electron chi connectivity index (χ3n) is 3.12. The smallest absolute Gasteiger partial charge is 0.335 e. The van der Waals surface area contributed by atoms with Crippen molar-refractivity contribution in [2.45, 2.75) is 5.92 Å². The Morgan fingerprint density at radius 1 is 1.12 bits per heavy atom. The van der Waals surface area contributed by atoms with Gasteiger partial charge in [0.25, 0.3) is 0 Å². The first-order valence-electron chi connectivity index (χ1n) is 5.36. The van der Waals surface area contributed by atoms with Gasteiger partial charge in [-0.2, -0.15) is 0 Å². The largest absolute Gasteiger partial charge is 0.481 e. The van der Waals surface area contributed by atoms with Gasteiger partial charge in [-0.25, -0.2) is 4.79 Å². The van der Waals surface area contributed by atoms with E-state index in [-0.39, 0.29) is 11.5 Å². The van der Waals surface area contributed by atoms with Crippen molar-refractivity contribution in [1.29, 1.82) is 0 Å². The molecule has 0 amide bonds. The van der Waals surface area contributed by atoms with Crippen LogP contribution in [0.1, 0.15) is 21.8 Å². The second-order valence-electron chi connectivity index (χ2n) is 4.14. The molecule has 0 bridgehead atoms. The Labute approximate surface area is 98.1 Å². The lowest BCUT2D eigenvalue weighted by Gasteiger charge is -2.14. The van der Waals surface area contributed by atoms with E-state index < -0.39 is 17.9 Å². The third-order valence-corrected chi connectivity index (χ3v) is 3.12. The van der Waals surface area contributed by atoms with E-state index in [2.05, 4.69) is 5.32 Å². The minimum absolute atomic E-state index is 0.0876. The molecule has 3 N–H and O–H groups in total. The van der Waals surface area contributed by atoms with Gasteiger partial charge in [0.2, 0.25) is 0 Å². The molecule has 2 rings (SSSR count). The van der Waals surface area contributed by atoms with E-state index in [0.717, 1.165) is 5.56 Å². The summed E-state index contributed by atoms with van der Waals surface area (Å²) in [6, 6.07) is 6.40. The van der Waals surface area contributed by atoms with Crippen LogP contribution in [0.4, 0.5) is 0 Å². The fourth-order valence-electron chi connectivity index (χ4n) is 2.16. The first-order valence-corrected chi connectivity index (χ1v) is 5.36. The highest BCUT2D eigenvalue weighted by Gasteiger charge is 2.33. The summed E-state index contributed by atoms with van der Waals surface area (Å²) in [6.45, 7) is 1.07. The number of hydrogen-bond acceptors (Lipinski definition) is 3. The highest BCUT2D eigenvalue weighted by Crippen LogP contribution is 2.28. The molecule has 0 radical (unpaired) electrons. The second-order valence-corrected chi connectivity index (χ2v) is 4.14. The molecule has 1 heterocycles. The molecule has 1 aliphatic heterocycles. The summed E-state index contributed by atoms with van der Waals surface area (Å²) in [4.78, 5) is 21.7. The lowest BCUT2D eigenvalue weighted by molar-refractivity contribution is -0.141. The quantitative estimate of drug-likeness (QED) is 0.720. The molecule has 90 valence electrons. The number of aliphatic carboxylic acids is 1. The van der Waals surface area contributed by atoms with E-state index in [1.54, 1.807) is 12.1 Å². The Morgan fingerprint density at radius 2 is 1.76 bits per heavy atom. The maximum atomic E-state index is 11.0. The van der Waals surface area contributed by atoms with Crippen LogP contribution in [0, 0.1) is 5.92 Å². The van der Waals surface area contributed by atoms with E-state index in [4.69, 9.17) is 10.2 Å². The number of carboxylic acid groups (broad SMARTS) is 2. The van der Waals surface area contributed by atoms with E-state index in [9.17, 15) is 9.59 Å². The zero-order chi connectivity index (χ0) is 12.4. The van der Waals surface area contributed by atoms with Crippen LogP contribution in [0.5, 0.6) is 0 Å². The molecule has 0 saturated carbocycles. The van der Waals surface area contributed by atoms with E-state index in [0.29, 0.717) is 13.1 Å². The third kappa shape index (κ3) is 2.29. The summed E-state index contributed by atoms with van der Waals surface area (Å²) >= 11 is 0. The van der Waals surface area contributed by atoms with Gasteiger partial charge in [0.15, 0.2) is 0 Å². The predicted molar refractivity (Wildman–Crippen MR) is 60.1 cm³/mol. The van der Waals surface area contributed by atoms with Crippen molar-refractivity contribution in [1.82, 2.24) is 5.32 Å². The molecule has 5 nitrogen and oxygen atoms in total. The molecule has 1 saturated heterocycles. The van der Waals surface area contributed by atoms with E-state index in [1.807, 2.05) is 0 Å². The maximum absolute atomic E-state index is 11.0. The van der Waals surface area contributed by atoms with E-state index >= 15 is 0 Å². The number of carbonyl (C=O) groups is 2. The van der Waals surface area contributed by atoms with Crippen LogP contribution in [0.15, 0.2) is 24.3 Å². The van der Waals surface area contributed by atoms with Crippen LogP contribution in [0.2, 0.25) is 0 Å². The summed E-state index contributed by atoms with van der Waals surface area (Å²) < 4.78 is 0. The van der Waals surface area contributed by atoms with Gasteiger partial charge in [0, 0.05) is 19.0 Å². The molecule has 1 aromatic rings. The second kappa shape index (κ2) is 4.55. The molecule has 1 aromatic carbocycles. The normalized spacial score (nSPS) is 23.5. The predicted octanol–water partition coefficient (Wildman–Crippen LogP) is 0.772. The highest BCUT2D eigenvalue weighted by atomic mass is 16.4. The van der Waals surface area contributed by atoms with Gasteiger partial charge in [-0.1, -0.05) is 12.1 Å². The van der Waals surface area contributed by atoms with Crippen LogP contribution in [-0.2, 0) is 4.79 Å². The molecule has 0 spiro atoms. The van der Waals surface area contributed by atoms with Crippen molar-refractivity contribution >= 4 is 11.9 Å². The first-order chi connectivity index (χ1) is 8.09. The van der Waals surface area contributed by atoms with Crippen LogP contribution in [0.3, 0.4) is 0 Å². The van der Waals surface area contributed by atoms with Gasteiger partial charge in [-0.05, 0) is 17.7 Å². The van der Waals surface area contributed by atoms with Crippen molar-refractivity contribution in [2.75, 3.05) is 13.1 Å². The van der Waals surface area contributed by atoms with E-state index in [1.165, 1.54) is 12.1 Å². The van der Waals surface area contributed by atoms with Gasteiger partial charge in [-0.15, -0.1) is 0 Å². The summed E-state index contributed by atoms with van der Waals surface area (Å²) in [5.41, 5.74) is 1.08. The average molecular weight is 235 g/mol. The Balaban J connectivity index is 2.22. The van der Waals surface area contributed by atoms with Crippen molar-refractivity contribution in [2.24, 2.45) is 5.92 Å². The lowest BCUT2D eigenvalue weighted by atomic mass is 9.88. The average Bonchev–Trinajstić information content (AvgIpc) is 2.78. The van der Waals surface area contributed by atoms with Gasteiger partial charge in [0.05, 0.1) is 11.5 Å². The molecule has 0 aliphatic carbocycles. The molecule has 5 heteroatoms. The molecule has 0 aromatic heterocycles. The van der Waals surface area contributed by atoms with Crippen molar-refractivity contribution in [3.05, 3.63) is 35.4 Å². The van der Waals surface area contributed by atoms with Crippen LogP contribution >= 0.6 is 0 Å². The van der Waals surface area contributed by atoms with Crippen molar-refractivity contribution in [3.63, 3.8) is 0 Å². The van der Waals surface area contributed by atoms with Crippen molar-refractivity contribution in [3.8, 4) is 0 Å². The monoisotopic (exact) mass is 235 g/mol. The Bertz CT molecular complexity index is 440. The summed E-state index contributed by atoms with van der Waals surface area (Å²) in [7, 11) is 0. The summed E-state index contributed by atoms with van der Waals surface area (Å²) in [6.07, 6.45) is 0. The standard InChI is InChI=1S/C12H13NO4/c14-11(15)8-3-1-7(2-4-8)9-5-13-6-10(9)12(16)17/h1-4,9-10,13H,5-6H2,(H,14,15)(H,16,17). The molecule has 2 atom stereocenters. The van der Waals surface area contributed by atoms with Gasteiger partial charge in [0.1, 0.15) is 0 Å². The zero-order valence-electron chi connectivity index (χ0n) is 9.09. The van der Waals surface area contributed by atoms with Gasteiger partial charge in [-0.3, -0.25) is 4.79 Å². The molecular weight excluding hydrogens is 222 g/mol. The zero-order valence-corrected chi connectivity index (χ0v) is 9.09. The number of aromatic carboxylic acids is 1. The Kier molecular flexibility index (Phi) is 3.10. The molecular formula is C12H13NO4. The summed E-state index contributed by atoms with van der Waals surface area (Å²) in [5, 5.41) is 20.9. The van der Waals surface area contributed by atoms with Crippen LogP contribution < -0.4 is 5.32 Å². The van der Waals surface area contributed by atoms with Gasteiger partial charge < -0.3 is 15.5 Å². The molecule has 2 unspecified atom stereocenters. The fraction of sp³-hybridized carbons (Fsp3) is 0.333. The molecule has 1 aliphatic rings. The number of carboxylic acids is 2. The molecule has 17 heavy (non-hydrogen) atoms. The fourth-order valence-corrected chi connectivity index (χ4v) is 2.16. The SMILES string of the molecule is O=C(O)c1ccc(C2CNCC2C(=O)O)cc1. The lowest BCUT2D eigenvalue weighted by Crippen LogP contribution is -2.21. The van der Waals surface area contributed by atoms with Crippen LogP contribution in [0.25, 0.3) is 0 Å². The Hall–Kier alpha value is -1.88.